The van der Waals surface area contributed by atoms with E-state index in [1.54, 1.807) is 0 Å². The van der Waals surface area contributed by atoms with Crippen LogP contribution in [0.3, 0.4) is 0 Å². The largest absolute Gasteiger partial charge is 0.309 e. The first-order chi connectivity index (χ1) is 23.7. The first-order valence-electron chi connectivity index (χ1n) is 15.9. The van der Waals surface area contributed by atoms with Gasteiger partial charge in [-0.3, -0.25) is 0 Å². The molecule has 222 valence electrons. The van der Waals surface area contributed by atoms with Gasteiger partial charge in [-0.25, -0.2) is 0 Å². The van der Waals surface area contributed by atoms with E-state index in [0.717, 1.165) is 55.7 Å². The lowest BCUT2D eigenvalue weighted by Gasteiger charge is -2.11. The minimum Gasteiger partial charge on any atom is -0.309 e. The van der Waals surface area contributed by atoms with Crippen LogP contribution in [-0.2, 0) is 0 Å². The van der Waals surface area contributed by atoms with Crippen molar-refractivity contribution in [2.75, 3.05) is 0 Å². The SMILES string of the molecule is N#Cc1ccccc1-c1ccc(-n2c3ccccc3c3c4c5ccccc5n(-c5ccc(-c6ccccc6C#N)cc5)c4ccc32)cc1. The number of rotatable bonds is 4. The van der Waals surface area contributed by atoms with Crippen molar-refractivity contribution in [1.29, 1.82) is 10.5 Å². The van der Waals surface area contributed by atoms with Gasteiger partial charge in [-0.15, -0.1) is 0 Å². The van der Waals surface area contributed by atoms with Crippen LogP contribution in [0, 0.1) is 22.7 Å². The molecule has 0 aliphatic heterocycles. The van der Waals surface area contributed by atoms with Crippen LogP contribution in [0.2, 0.25) is 0 Å². The Morgan fingerprint density at radius 3 is 1.15 bits per heavy atom. The van der Waals surface area contributed by atoms with E-state index in [0.29, 0.717) is 11.1 Å². The van der Waals surface area contributed by atoms with Crippen LogP contribution in [0.25, 0.3) is 77.2 Å². The van der Waals surface area contributed by atoms with Gasteiger partial charge in [0.05, 0.1) is 45.3 Å². The predicted molar refractivity (Wildman–Crippen MR) is 195 cm³/mol. The third-order valence-electron chi connectivity index (χ3n) is 9.44. The maximum atomic E-state index is 9.67. The average molecular weight is 611 g/mol. The number of nitriles is 2. The van der Waals surface area contributed by atoms with Gasteiger partial charge in [0, 0.05) is 32.9 Å². The second-order valence-electron chi connectivity index (χ2n) is 12.0. The van der Waals surface area contributed by atoms with Gasteiger partial charge >= 0.3 is 0 Å². The van der Waals surface area contributed by atoms with Crippen LogP contribution in [0.5, 0.6) is 0 Å². The lowest BCUT2D eigenvalue weighted by molar-refractivity contribution is 1.17. The summed E-state index contributed by atoms with van der Waals surface area (Å²) in [7, 11) is 0. The second kappa shape index (κ2) is 10.9. The molecule has 0 amide bonds. The smallest absolute Gasteiger partial charge is 0.0998 e. The zero-order valence-electron chi connectivity index (χ0n) is 25.8. The van der Waals surface area contributed by atoms with Crippen LogP contribution in [-0.4, -0.2) is 9.13 Å². The molecule has 4 heteroatoms. The highest BCUT2D eigenvalue weighted by molar-refractivity contribution is 6.28. The normalized spacial score (nSPS) is 11.3. The highest BCUT2D eigenvalue weighted by atomic mass is 15.0. The number of hydrogen-bond acceptors (Lipinski definition) is 2. The van der Waals surface area contributed by atoms with Gasteiger partial charge in [0.1, 0.15) is 0 Å². The molecule has 0 N–H and O–H groups in total. The molecule has 0 saturated heterocycles. The zero-order valence-corrected chi connectivity index (χ0v) is 25.8. The Hall–Kier alpha value is -6.88. The molecule has 2 aromatic heterocycles. The number of fused-ring (bicyclic) bond motifs is 7. The van der Waals surface area contributed by atoms with E-state index in [2.05, 4.69) is 130 Å². The molecule has 2 heterocycles. The third kappa shape index (κ3) is 4.07. The summed E-state index contributed by atoms with van der Waals surface area (Å²) < 4.78 is 4.69. The molecule has 9 rings (SSSR count). The summed E-state index contributed by atoms with van der Waals surface area (Å²) >= 11 is 0. The van der Waals surface area contributed by atoms with Gasteiger partial charge < -0.3 is 9.13 Å². The molecular weight excluding hydrogens is 585 g/mol. The maximum Gasteiger partial charge on any atom is 0.0998 e. The lowest BCUT2D eigenvalue weighted by Crippen LogP contribution is -1.95. The van der Waals surface area contributed by atoms with Crippen molar-refractivity contribution < 1.29 is 0 Å². The quantitative estimate of drug-likeness (QED) is 0.199. The van der Waals surface area contributed by atoms with Gasteiger partial charge in [-0.1, -0.05) is 97.1 Å². The fourth-order valence-corrected chi connectivity index (χ4v) is 7.32. The van der Waals surface area contributed by atoms with Crippen molar-refractivity contribution in [3.63, 3.8) is 0 Å². The van der Waals surface area contributed by atoms with Gasteiger partial charge in [0.15, 0.2) is 0 Å². The van der Waals surface area contributed by atoms with Gasteiger partial charge in [0.2, 0.25) is 0 Å². The fraction of sp³-hybridized carbons (Fsp3) is 0. The number of benzene rings is 7. The topological polar surface area (TPSA) is 57.4 Å². The number of para-hydroxylation sites is 2. The molecule has 0 aliphatic carbocycles. The zero-order chi connectivity index (χ0) is 32.2. The Kier molecular flexibility index (Phi) is 6.22. The van der Waals surface area contributed by atoms with E-state index < -0.39 is 0 Å². The van der Waals surface area contributed by atoms with Crippen molar-refractivity contribution in [1.82, 2.24) is 9.13 Å². The molecule has 0 spiro atoms. The maximum absolute atomic E-state index is 9.67. The Bertz CT molecular complexity index is 2590. The van der Waals surface area contributed by atoms with Gasteiger partial charge in [-0.05, 0) is 82.9 Å². The fourth-order valence-electron chi connectivity index (χ4n) is 7.32. The molecule has 0 bridgehead atoms. The van der Waals surface area contributed by atoms with Crippen molar-refractivity contribution in [2.24, 2.45) is 0 Å². The monoisotopic (exact) mass is 610 g/mol. The van der Waals surface area contributed by atoms with Crippen molar-refractivity contribution in [3.8, 4) is 45.8 Å². The average Bonchev–Trinajstić information content (AvgIpc) is 3.68. The van der Waals surface area contributed by atoms with Gasteiger partial charge in [0.25, 0.3) is 0 Å². The first kappa shape index (κ1) is 27.4. The lowest BCUT2D eigenvalue weighted by atomic mass is 10.0. The molecule has 0 aliphatic rings. The molecular formula is C44H26N4. The summed E-state index contributed by atoms with van der Waals surface area (Å²) in [6.45, 7) is 0. The number of hydrogen-bond donors (Lipinski definition) is 0. The summed E-state index contributed by atoms with van der Waals surface area (Å²) in [6, 6.07) is 58.9. The molecule has 0 atom stereocenters. The Morgan fingerprint density at radius 1 is 0.354 bits per heavy atom. The highest BCUT2D eigenvalue weighted by Gasteiger charge is 2.20. The summed E-state index contributed by atoms with van der Waals surface area (Å²) in [5, 5.41) is 24.2. The van der Waals surface area contributed by atoms with E-state index in [1.165, 1.54) is 21.5 Å². The third-order valence-corrected chi connectivity index (χ3v) is 9.44. The standard InChI is InChI=1S/C44H26N4/c45-27-31-9-1-3-11-35(31)29-17-21-33(22-18-29)47-39-15-7-5-13-37(39)43-41(47)25-26-42-44(43)38-14-6-8-16-40(38)48(42)34-23-19-30(20-24-34)36-12-4-2-10-32(36)28-46/h1-26H. The first-order valence-corrected chi connectivity index (χ1v) is 15.9. The van der Waals surface area contributed by atoms with E-state index in [4.69, 9.17) is 0 Å². The highest BCUT2D eigenvalue weighted by Crippen LogP contribution is 2.42. The molecule has 0 fully saturated rings. The molecule has 48 heavy (non-hydrogen) atoms. The van der Waals surface area contributed by atoms with Crippen LogP contribution in [0.1, 0.15) is 11.1 Å². The van der Waals surface area contributed by atoms with Crippen LogP contribution in [0.15, 0.2) is 158 Å². The number of aromatic nitrogens is 2. The summed E-state index contributed by atoms with van der Waals surface area (Å²) in [5.74, 6) is 0. The summed E-state index contributed by atoms with van der Waals surface area (Å²) in [5.41, 5.74) is 11.9. The van der Waals surface area contributed by atoms with E-state index in [-0.39, 0.29) is 0 Å². The van der Waals surface area contributed by atoms with Crippen molar-refractivity contribution in [2.45, 2.75) is 0 Å². The Morgan fingerprint density at radius 2 is 0.729 bits per heavy atom. The Balaban J connectivity index is 1.26. The molecule has 0 saturated carbocycles. The molecule has 0 radical (unpaired) electrons. The minimum atomic E-state index is 0.669. The van der Waals surface area contributed by atoms with E-state index in [1.807, 2.05) is 48.5 Å². The number of nitrogens with zero attached hydrogens (tertiary/aromatic N) is 4. The van der Waals surface area contributed by atoms with Crippen LogP contribution >= 0.6 is 0 Å². The molecule has 4 nitrogen and oxygen atoms in total. The Labute approximate surface area is 277 Å². The predicted octanol–water partition coefficient (Wildman–Crippen LogP) is 11.0. The van der Waals surface area contributed by atoms with Crippen molar-refractivity contribution >= 4 is 43.6 Å². The summed E-state index contributed by atoms with van der Waals surface area (Å²) in [4.78, 5) is 0. The van der Waals surface area contributed by atoms with E-state index in [9.17, 15) is 10.5 Å². The minimum absolute atomic E-state index is 0.669. The summed E-state index contributed by atoms with van der Waals surface area (Å²) in [6.07, 6.45) is 0. The molecule has 7 aromatic carbocycles. The van der Waals surface area contributed by atoms with Gasteiger partial charge in [-0.2, -0.15) is 10.5 Å². The second-order valence-corrected chi connectivity index (χ2v) is 12.0. The molecule has 0 unspecified atom stereocenters. The molecule has 9 aromatic rings. The van der Waals surface area contributed by atoms with Crippen LogP contribution in [0.4, 0.5) is 0 Å². The van der Waals surface area contributed by atoms with E-state index >= 15 is 0 Å². The van der Waals surface area contributed by atoms with Crippen LogP contribution < -0.4 is 0 Å². The van der Waals surface area contributed by atoms with Crippen molar-refractivity contribution in [3.05, 3.63) is 169 Å².